The highest BCUT2D eigenvalue weighted by Crippen LogP contribution is 2.39. The first kappa shape index (κ1) is 20.6. The Bertz CT molecular complexity index is 1010. The molecule has 27 heavy (non-hydrogen) atoms. The van der Waals surface area contributed by atoms with Crippen LogP contribution in [-0.2, 0) is 0 Å². The Morgan fingerprint density at radius 3 is 2.48 bits per heavy atom. The van der Waals surface area contributed by atoms with Crippen molar-refractivity contribution in [3.05, 3.63) is 61.1 Å². The Labute approximate surface area is 183 Å². The van der Waals surface area contributed by atoms with E-state index >= 15 is 0 Å². The van der Waals surface area contributed by atoms with E-state index in [-0.39, 0.29) is 5.91 Å². The molecule has 0 radical (unpaired) electrons. The van der Waals surface area contributed by atoms with Gasteiger partial charge in [0.05, 0.1) is 16.8 Å². The number of nitrogens with zero attached hydrogens (tertiary/aromatic N) is 2. The minimum absolute atomic E-state index is 0.101. The van der Waals surface area contributed by atoms with Gasteiger partial charge < -0.3 is 9.64 Å². The minimum Gasteiger partial charge on any atom is -0.490 e. The van der Waals surface area contributed by atoms with Crippen molar-refractivity contribution in [3.63, 3.8) is 0 Å². The highest BCUT2D eigenvalue weighted by molar-refractivity contribution is 9.11. The topological polar surface area (TPSA) is 34.5 Å². The maximum absolute atomic E-state index is 13.4. The predicted octanol–water partition coefficient (Wildman–Crippen LogP) is 5.87. The molecule has 0 atom stereocenters. The summed E-state index contributed by atoms with van der Waals surface area (Å²) >= 11 is 10.6. The molecule has 2 aromatic carbocycles. The summed E-state index contributed by atoms with van der Waals surface area (Å²) in [5, 5.41) is 0.896. The van der Waals surface area contributed by atoms with E-state index in [2.05, 4.69) is 52.7 Å². The van der Waals surface area contributed by atoms with Crippen molar-refractivity contribution in [1.29, 1.82) is 0 Å². The molecule has 142 valence electrons. The summed E-state index contributed by atoms with van der Waals surface area (Å²) in [6.07, 6.45) is 0. The van der Waals surface area contributed by atoms with Gasteiger partial charge >= 0.3 is 0 Å². The number of fused-ring (bicyclic) bond motifs is 1. The standard InChI is InChI=1S/C20H19Br3N2O2/c1-12-19(27-9-8-24(2)3)15-10-13(21)11-17(23)18(15)25(12)20(26)14-6-4-5-7-16(14)22/h4-7,10-11H,8-9H2,1-3H3. The molecule has 7 heteroatoms. The molecule has 0 saturated heterocycles. The first-order chi connectivity index (χ1) is 12.8. The molecular formula is C20H19Br3N2O2. The molecular weight excluding hydrogens is 540 g/mol. The summed E-state index contributed by atoms with van der Waals surface area (Å²) in [6.45, 7) is 3.25. The zero-order valence-corrected chi connectivity index (χ0v) is 20.0. The fourth-order valence-electron chi connectivity index (χ4n) is 2.95. The Morgan fingerprint density at radius 1 is 1.11 bits per heavy atom. The molecule has 3 rings (SSSR count). The maximum atomic E-state index is 13.4. The molecule has 1 heterocycles. The van der Waals surface area contributed by atoms with Gasteiger partial charge in [0.25, 0.3) is 5.91 Å². The average Bonchev–Trinajstić information content (AvgIpc) is 2.87. The molecule has 0 fully saturated rings. The number of hydrogen-bond acceptors (Lipinski definition) is 3. The van der Waals surface area contributed by atoms with Crippen LogP contribution in [0.15, 0.2) is 49.8 Å². The second-order valence-corrected chi connectivity index (χ2v) is 9.09. The van der Waals surface area contributed by atoms with Gasteiger partial charge in [0.2, 0.25) is 0 Å². The monoisotopic (exact) mass is 556 g/mol. The quantitative estimate of drug-likeness (QED) is 0.393. The van der Waals surface area contributed by atoms with Crippen LogP contribution in [-0.4, -0.2) is 42.6 Å². The van der Waals surface area contributed by atoms with Crippen LogP contribution in [0, 0.1) is 6.92 Å². The Hall–Kier alpha value is -1.15. The molecule has 0 spiro atoms. The van der Waals surface area contributed by atoms with E-state index in [1.165, 1.54) is 0 Å². The van der Waals surface area contributed by atoms with E-state index in [9.17, 15) is 4.79 Å². The number of ether oxygens (including phenoxy) is 1. The van der Waals surface area contributed by atoms with Crippen LogP contribution in [0.3, 0.4) is 0 Å². The van der Waals surface area contributed by atoms with Gasteiger partial charge in [-0.15, -0.1) is 0 Å². The number of rotatable bonds is 5. The Kier molecular flexibility index (Phi) is 6.46. The van der Waals surface area contributed by atoms with E-state index in [0.717, 1.165) is 42.3 Å². The lowest BCUT2D eigenvalue weighted by molar-refractivity contribution is 0.0961. The van der Waals surface area contributed by atoms with Crippen LogP contribution < -0.4 is 4.74 Å². The van der Waals surface area contributed by atoms with Gasteiger partial charge in [-0.1, -0.05) is 28.1 Å². The average molecular weight is 559 g/mol. The van der Waals surface area contributed by atoms with Crippen molar-refractivity contribution in [2.24, 2.45) is 0 Å². The van der Waals surface area contributed by atoms with Crippen molar-refractivity contribution in [3.8, 4) is 5.75 Å². The van der Waals surface area contributed by atoms with E-state index in [1.54, 1.807) is 4.57 Å². The van der Waals surface area contributed by atoms with Gasteiger partial charge in [0, 0.05) is 25.3 Å². The van der Waals surface area contributed by atoms with E-state index < -0.39 is 0 Å². The first-order valence-corrected chi connectivity index (χ1v) is 10.8. The summed E-state index contributed by atoms with van der Waals surface area (Å²) in [5.41, 5.74) is 2.19. The highest BCUT2D eigenvalue weighted by Gasteiger charge is 2.24. The molecule has 0 aliphatic rings. The lowest BCUT2D eigenvalue weighted by atomic mass is 10.2. The van der Waals surface area contributed by atoms with Crippen LogP contribution in [0.5, 0.6) is 5.75 Å². The smallest absolute Gasteiger partial charge is 0.263 e. The van der Waals surface area contributed by atoms with Crippen molar-refractivity contribution < 1.29 is 9.53 Å². The van der Waals surface area contributed by atoms with Gasteiger partial charge in [-0.05, 0) is 77.1 Å². The summed E-state index contributed by atoms with van der Waals surface area (Å²) in [5.74, 6) is 0.629. The third-order valence-corrected chi connectivity index (χ3v) is 6.01. The van der Waals surface area contributed by atoms with Gasteiger partial charge in [0.1, 0.15) is 12.4 Å². The fraction of sp³-hybridized carbons (Fsp3) is 0.250. The van der Waals surface area contributed by atoms with Gasteiger partial charge in [0.15, 0.2) is 0 Å². The van der Waals surface area contributed by atoms with Crippen LogP contribution in [0.4, 0.5) is 0 Å². The summed E-state index contributed by atoms with van der Waals surface area (Å²) < 4.78 is 10.3. The van der Waals surface area contributed by atoms with E-state index in [0.29, 0.717) is 12.2 Å². The Morgan fingerprint density at radius 2 is 1.81 bits per heavy atom. The number of carbonyl (C=O) groups is 1. The third-order valence-electron chi connectivity index (χ3n) is 4.25. The Balaban J connectivity index is 2.19. The predicted molar refractivity (Wildman–Crippen MR) is 120 cm³/mol. The number of benzene rings is 2. The lowest BCUT2D eigenvalue weighted by Crippen LogP contribution is -2.20. The third kappa shape index (κ3) is 4.16. The fourth-order valence-corrected chi connectivity index (χ4v) is 4.81. The number of hydrogen-bond donors (Lipinski definition) is 0. The summed E-state index contributed by atoms with van der Waals surface area (Å²) in [7, 11) is 4.01. The number of halogens is 3. The number of carbonyl (C=O) groups excluding carboxylic acids is 1. The van der Waals surface area contributed by atoms with Crippen LogP contribution >= 0.6 is 47.8 Å². The lowest BCUT2D eigenvalue weighted by Gasteiger charge is -2.12. The molecule has 0 unspecified atom stereocenters. The zero-order valence-electron chi connectivity index (χ0n) is 15.2. The van der Waals surface area contributed by atoms with Crippen LogP contribution in [0.25, 0.3) is 10.9 Å². The summed E-state index contributed by atoms with van der Waals surface area (Å²) in [4.78, 5) is 15.4. The van der Waals surface area contributed by atoms with Crippen molar-refractivity contribution >= 4 is 64.6 Å². The second kappa shape index (κ2) is 8.47. The van der Waals surface area contributed by atoms with Crippen LogP contribution in [0.1, 0.15) is 16.1 Å². The molecule has 0 bridgehead atoms. The van der Waals surface area contributed by atoms with Crippen LogP contribution in [0.2, 0.25) is 0 Å². The molecule has 4 nitrogen and oxygen atoms in total. The van der Waals surface area contributed by atoms with E-state index in [1.807, 2.05) is 57.4 Å². The van der Waals surface area contributed by atoms with Gasteiger partial charge in [-0.25, -0.2) is 0 Å². The van der Waals surface area contributed by atoms with E-state index in [4.69, 9.17) is 4.74 Å². The zero-order chi connectivity index (χ0) is 19.7. The molecule has 0 saturated carbocycles. The van der Waals surface area contributed by atoms with Crippen molar-refractivity contribution in [2.45, 2.75) is 6.92 Å². The molecule has 1 aromatic heterocycles. The molecule has 0 aliphatic heterocycles. The first-order valence-electron chi connectivity index (χ1n) is 8.38. The van der Waals surface area contributed by atoms with Gasteiger partial charge in [-0.2, -0.15) is 0 Å². The molecule has 3 aromatic rings. The molecule has 0 aliphatic carbocycles. The number of likely N-dealkylation sites (N-methyl/N-ethyl adjacent to an activating group) is 1. The largest absolute Gasteiger partial charge is 0.490 e. The maximum Gasteiger partial charge on any atom is 0.263 e. The van der Waals surface area contributed by atoms with Crippen molar-refractivity contribution in [2.75, 3.05) is 27.2 Å². The number of aromatic nitrogens is 1. The molecule has 0 N–H and O–H groups in total. The normalized spacial score (nSPS) is 11.4. The highest BCUT2D eigenvalue weighted by atomic mass is 79.9. The van der Waals surface area contributed by atoms with Gasteiger partial charge in [-0.3, -0.25) is 9.36 Å². The summed E-state index contributed by atoms with van der Waals surface area (Å²) in [6, 6.07) is 11.4. The minimum atomic E-state index is -0.101. The molecule has 0 amide bonds. The SMILES string of the molecule is Cc1c(OCCN(C)C)c2cc(Br)cc(Br)c2n1C(=O)c1ccccc1Br. The van der Waals surface area contributed by atoms with Crippen molar-refractivity contribution in [1.82, 2.24) is 9.47 Å². The second-order valence-electron chi connectivity index (χ2n) is 6.47.